The SMILES string of the molecule is O=C1[C@@H]2[C@H](c3ccccc3)OC3(C(=O)c4ccccc4C3=O)[C@H]2C(=O)N1Cc1ccccc1. The van der Waals surface area contributed by atoms with Gasteiger partial charge in [-0.1, -0.05) is 84.9 Å². The molecule has 2 fully saturated rings. The van der Waals surface area contributed by atoms with Gasteiger partial charge in [-0.05, 0) is 11.1 Å². The molecule has 6 rings (SSSR count). The molecule has 0 unspecified atom stereocenters. The lowest BCUT2D eigenvalue weighted by Gasteiger charge is -2.27. The number of amides is 2. The number of Topliss-reactive ketones (excluding diaryl/α,β-unsaturated/α-hetero) is 2. The molecule has 6 heteroatoms. The van der Waals surface area contributed by atoms with Gasteiger partial charge in [-0.2, -0.15) is 0 Å². The summed E-state index contributed by atoms with van der Waals surface area (Å²) in [6.07, 6.45) is -0.879. The Labute approximate surface area is 189 Å². The third-order valence-corrected chi connectivity index (χ3v) is 6.92. The number of ether oxygens (including phenoxy) is 1. The molecule has 162 valence electrons. The van der Waals surface area contributed by atoms with Gasteiger partial charge in [0.1, 0.15) is 0 Å². The molecule has 3 aliphatic rings. The maximum atomic E-state index is 13.7. The van der Waals surface area contributed by atoms with Gasteiger partial charge in [0.25, 0.3) is 0 Å². The summed E-state index contributed by atoms with van der Waals surface area (Å²) in [5.74, 6) is -4.20. The van der Waals surface area contributed by atoms with Gasteiger partial charge in [0, 0.05) is 11.1 Å². The van der Waals surface area contributed by atoms with Gasteiger partial charge in [-0.15, -0.1) is 0 Å². The summed E-state index contributed by atoms with van der Waals surface area (Å²) < 4.78 is 6.24. The van der Waals surface area contributed by atoms with Crippen LogP contribution in [0, 0.1) is 11.8 Å². The first-order valence-electron chi connectivity index (χ1n) is 10.8. The van der Waals surface area contributed by atoms with Crippen LogP contribution in [0.5, 0.6) is 0 Å². The van der Waals surface area contributed by atoms with Gasteiger partial charge in [-0.25, -0.2) is 0 Å². The van der Waals surface area contributed by atoms with Crippen molar-refractivity contribution in [3.63, 3.8) is 0 Å². The van der Waals surface area contributed by atoms with Gasteiger partial charge in [0.05, 0.1) is 24.5 Å². The highest BCUT2D eigenvalue weighted by Crippen LogP contribution is 2.57. The van der Waals surface area contributed by atoms with Crippen molar-refractivity contribution >= 4 is 23.4 Å². The second-order valence-corrected chi connectivity index (χ2v) is 8.64. The van der Waals surface area contributed by atoms with E-state index in [9.17, 15) is 19.2 Å². The summed E-state index contributed by atoms with van der Waals surface area (Å²) in [7, 11) is 0. The molecule has 6 nitrogen and oxygen atoms in total. The number of imide groups is 1. The van der Waals surface area contributed by atoms with Crippen molar-refractivity contribution in [1.29, 1.82) is 0 Å². The molecule has 2 aliphatic heterocycles. The van der Waals surface area contributed by atoms with E-state index in [1.54, 1.807) is 48.5 Å². The Morgan fingerprint density at radius 3 is 1.85 bits per heavy atom. The van der Waals surface area contributed by atoms with Gasteiger partial charge in [0.15, 0.2) is 0 Å². The molecule has 3 aromatic carbocycles. The molecular weight excluding hydrogens is 418 g/mol. The van der Waals surface area contributed by atoms with Crippen LogP contribution in [0.25, 0.3) is 0 Å². The van der Waals surface area contributed by atoms with E-state index >= 15 is 0 Å². The third-order valence-electron chi connectivity index (χ3n) is 6.92. The Balaban J connectivity index is 1.50. The molecule has 33 heavy (non-hydrogen) atoms. The summed E-state index contributed by atoms with van der Waals surface area (Å²) in [5.41, 5.74) is -0.109. The number of carbonyl (C=O) groups is 4. The first-order valence-corrected chi connectivity index (χ1v) is 10.8. The Hall–Kier alpha value is -3.90. The molecule has 0 aromatic heterocycles. The minimum atomic E-state index is -2.02. The van der Waals surface area contributed by atoms with E-state index < -0.39 is 46.9 Å². The number of hydrogen-bond acceptors (Lipinski definition) is 5. The first-order chi connectivity index (χ1) is 16.0. The van der Waals surface area contributed by atoms with Crippen molar-refractivity contribution in [3.8, 4) is 0 Å². The maximum absolute atomic E-state index is 13.7. The smallest absolute Gasteiger partial charge is 0.237 e. The molecule has 0 radical (unpaired) electrons. The second-order valence-electron chi connectivity index (χ2n) is 8.64. The number of carbonyl (C=O) groups excluding carboxylic acids is 4. The number of fused-ring (bicyclic) bond motifs is 3. The van der Waals surface area contributed by atoms with Gasteiger partial charge >= 0.3 is 0 Å². The molecule has 1 aliphatic carbocycles. The zero-order chi connectivity index (χ0) is 22.7. The number of rotatable bonds is 3. The largest absolute Gasteiger partial charge is 0.349 e. The van der Waals surface area contributed by atoms with E-state index in [2.05, 4.69) is 0 Å². The highest BCUT2D eigenvalue weighted by atomic mass is 16.5. The van der Waals surface area contributed by atoms with Crippen molar-refractivity contribution in [3.05, 3.63) is 107 Å². The van der Waals surface area contributed by atoms with Crippen molar-refractivity contribution < 1.29 is 23.9 Å². The third kappa shape index (κ3) is 2.58. The van der Waals surface area contributed by atoms with Crippen molar-refractivity contribution in [2.24, 2.45) is 11.8 Å². The first kappa shape index (κ1) is 19.8. The standard InChI is InChI=1S/C27H19NO5/c29-23-18-13-7-8-14-19(18)24(30)27(23)21-20(22(33-27)17-11-5-2-6-12-17)25(31)28(26(21)32)15-16-9-3-1-4-10-16/h1-14,20-22H,15H2/t20-,21+,22-/m0/s1. The number of hydrogen-bond donors (Lipinski definition) is 0. The van der Waals surface area contributed by atoms with E-state index in [1.165, 1.54) is 4.90 Å². The minimum absolute atomic E-state index is 0.0818. The second kappa shape index (κ2) is 7.05. The van der Waals surface area contributed by atoms with Crippen molar-refractivity contribution in [2.75, 3.05) is 0 Å². The molecule has 0 bridgehead atoms. The van der Waals surface area contributed by atoms with E-state index in [0.29, 0.717) is 5.56 Å². The Bertz CT molecular complexity index is 1280. The molecule has 0 saturated carbocycles. The summed E-state index contributed by atoms with van der Waals surface area (Å²) in [6.45, 7) is 0.0818. The predicted octanol–water partition coefficient (Wildman–Crippen LogP) is 3.38. The van der Waals surface area contributed by atoms with E-state index in [-0.39, 0.29) is 17.7 Å². The van der Waals surface area contributed by atoms with Crippen LogP contribution in [0.2, 0.25) is 0 Å². The Morgan fingerprint density at radius 2 is 1.24 bits per heavy atom. The highest BCUT2D eigenvalue weighted by molar-refractivity contribution is 6.35. The summed E-state index contributed by atoms with van der Waals surface area (Å²) in [6, 6.07) is 24.7. The number of nitrogens with zero attached hydrogens (tertiary/aromatic N) is 1. The van der Waals surface area contributed by atoms with Crippen LogP contribution in [0.3, 0.4) is 0 Å². The van der Waals surface area contributed by atoms with Crippen LogP contribution in [0.4, 0.5) is 0 Å². The summed E-state index contributed by atoms with van der Waals surface area (Å²) in [4.78, 5) is 55.8. The fourth-order valence-electron chi connectivity index (χ4n) is 5.44. The topological polar surface area (TPSA) is 80.8 Å². The number of ketones is 2. The van der Waals surface area contributed by atoms with E-state index in [4.69, 9.17) is 4.74 Å². The number of benzene rings is 3. The predicted molar refractivity (Wildman–Crippen MR) is 117 cm³/mol. The average Bonchev–Trinajstić information content (AvgIpc) is 3.42. The van der Waals surface area contributed by atoms with Crippen LogP contribution in [-0.4, -0.2) is 33.9 Å². The van der Waals surface area contributed by atoms with Gasteiger partial charge < -0.3 is 4.74 Å². The normalized spacial score (nSPS) is 25.1. The monoisotopic (exact) mass is 437 g/mol. The van der Waals surface area contributed by atoms with Crippen LogP contribution in [-0.2, 0) is 20.9 Å². The Kier molecular flexibility index (Phi) is 4.22. The molecule has 2 heterocycles. The average molecular weight is 437 g/mol. The zero-order valence-corrected chi connectivity index (χ0v) is 17.5. The lowest BCUT2D eigenvalue weighted by Crippen LogP contribution is -2.50. The van der Waals surface area contributed by atoms with Gasteiger partial charge in [-0.3, -0.25) is 24.1 Å². The molecule has 3 atom stereocenters. The van der Waals surface area contributed by atoms with E-state index in [1.807, 2.05) is 36.4 Å². The lowest BCUT2D eigenvalue weighted by atomic mass is 9.77. The quantitative estimate of drug-likeness (QED) is 0.464. The maximum Gasteiger partial charge on any atom is 0.237 e. The van der Waals surface area contributed by atoms with E-state index in [0.717, 1.165) is 5.56 Å². The van der Waals surface area contributed by atoms with Crippen LogP contribution < -0.4 is 0 Å². The fourth-order valence-corrected chi connectivity index (χ4v) is 5.44. The van der Waals surface area contributed by atoms with Gasteiger partial charge in [0.2, 0.25) is 29.0 Å². The molecule has 1 spiro atoms. The summed E-state index contributed by atoms with van der Waals surface area (Å²) in [5, 5.41) is 0. The zero-order valence-electron chi connectivity index (χ0n) is 17.5. The molecule has 0 N–H and O–H groups in total. The Morgan fingerprint density at radius 1 is 0.697 bits per heavy atom. The van der Waals surface area contributed by atoms with Crippen molar-refractivity contribution in [1.82, 2.24) is 4.90 Å². The fraction of sp³-hybridized carbons (Fsp3) is 0.185. The molecule has 2 saturated heterocycles. The van der Waals surface area contributed by atoms with Crippen molar-refractivity contribution in [2.45, 2.75) is 18.2 Å². The highest BCUT2D eigenvalue weighted by Gasteiger charge is 2.74. The summed E-state index contributed by atoms with van der Waals surface area (Å²) >= 11 is 0. The minimum Gasteiger partial charge on any atom is -0.349 e. The molecular formula is C27H19NO5. The lowest BCUT2D eigenvalue weighted by molar-refractivity contribution is -0.145. The van der Waals surface area contributed by atoms with Crippen LogP contribution in [0.1, 0.15) is 37.9 Å². The molecule has 2 amide bonds. The van der Waals surface area contributed by atoms with Crippen LogP contribution >= 0.6 is 0 Å². The number of likely N-dealkylation sites (tertiary alicyclic amines) is 1. The van der Waals surface area contributed by atoms with Crippen LogP contribution in [0.15, 0.2) is 84.9 Å². The molecule has 3 aromatic rings.